The Morgan fingerprint density at radius 2 is 1.60 bits per heavy atom. The second-order valence-electron chi connectivity index (χ2n) is 6.88. The van der Waals surface area contributed by atoms with Crippen LogP contribution < -0.4 is 20.4 Å². The number of carbonyl (C=O) groups is 1. The molecule has 0 saturated carbocycles. The summed E-state index contributed by atoms with van der Waals surface area (Å²) in [5.41, 5.74) is 1.69. The Balaban J connectivity index is 1.53. The first-order chi connectivity index (χ1) is 14.7. The van der Waals surface area contributed by atoms with Gasteiger partial charge in [0.2, 0.25) is 12.6 Å². The first kappa shape index (κ1) is 18.0. The molecule has 1 aliphatic rings. The third kappa shape index (κ3) is 3.18. The fraction of sp³-hybridized carbons (Fsp3) is 0.0833. The van der Waals surface area contributed by atoms with E-state index in [0.29, 0.717) is 27.8 Å². The van der Waals surface area contributed by atoms with Gasteiger partial charge in [0.1, 0.15) is 0 Å². The van der Waals surface area contributed by atoms with Gasteiger partial charge < -0.3 is 19.2 Å². The number of amides is 1. The normalized spacial score (nSPS) is 12.1. The van der Waals surface area contributed by atoms with Crippen LogP contribution in [0.1, 0.15) is 16.1 Å². The summed E-state index contributed by atoms with van der Waals surface area (Å²) in [6.45, 7) is 0.439. The maximum atomic E-state index is 13.0. The van der Waals surface area contributed by atoms with Crippen LogP contribution in [0.2, 0.25) is 0 Å². The molecule has 0 unspecified atom stereocenters. The minimum absolute atomic E-state index is 0.00866. The van der Waals surface area contributed by atoms with Crippen molar-refractivity contribution in [2.24, 2.45) is 0 Å². The Morgan fingerprint density at radius 3 is 2.43 bits per heavy atom. The maximum Gasteiger partial charge on any atom is 0.344 e. The number of hydrogen-bond donors (Lipinski definition) is 1. The average Bonchev–Trinajstić information content (AvgIpc) is 3.26. The van der Waals surface area contributed by atoms with Crippen molar-refractivity contribution in [1.29, 1.82) is 0 Å². The number of fused-ring (bicyclic) bond motifs is 2. The molecule has 6 nitrogen and oxygen atoms in total. The minimum Gasteiger partial charge on any atom is -0.454 e. The monoisotopic (exact) mass is 399 g/mol. The molecule has 5 rings (SSSR count). The second-order valence-corrected chi connectivity index (χ2v) is 6.88. The van der Waals surface area contributed by atoms with Crippen LogP contribution in [0.25, 0.3) is 21.9 Å². The van der Waals surface area contributed by atoms with Gasteiger partial charge in [-0.05, 0) is 29.3 Å². The number of benzene rings is 3. The summed E-state index contributed by atoms with van der Waals surface area (Å²) in [5, 5.41) is 3.95. The van der Waals surface area contributed by atoms with E-state index in [2.05, 4.69) is 5.32 Å². The summed E-state index contributed by atoms with van der Waals surface area (Å²) in [4.78, 5) is 25.6. The molecule has 1 amide bonds. The second kappa shape index (κ2) is 7.40. The lowest BCUT2D eigenvalue weighted by Gasteiger charge is -2.12. The molecule has 148 valence electrons. The smallest absolute Gasteiger partial charge is 0.344 e. The Hall–Kier alpha value is -4.06. The van der Waals surface area contributed by atoms with Gasteiger partial charge in [0.25, 0.3) is 5.91 Å². The van der Waals surface area contributed by atoms with E-state index in [4.69, 9.17) is 13.9 Å². The standard InChI is InChI=1S/C24H17NO5/c26-23(25-13-15-10-11-19-20(12-15)29-14-28-19)22-21(16-6-2-1-3-7-16)17-8-4-5-9-18(17)24(27)30-22/h1-12H,13-14H2,(H,25,26). The van der Waals surface area contributed by atoms with Crippen LogP contribution in [0, 0.1) is 0 Å². The van der Waals surface area contributed by atoms with Gasteiger partial charge >= 0.3 is 5.63 Å². The lowest BCUT2D eigenvalue weighted by molar-refractivity contribution is 0.0920. The van der Waals surface area contributed by atoms with Crippen molar-refractivity contribution in [3.8, 4) is 22.6 Å². The zero-order valence-electron chi connectivity index (χ0n) is 15.9. The zero-order chi connectivity index (χ0) is 20.5. The number of carbonyl (C=O) groups excluding carboxylic acids is 1. The fourth-order valence-electron chi connectivity index (χ4n) is 3.56. The molecular formula is C24H17NO5. The van der Waals surface area contributed by atoms with Crippen molar-refractivity contribution >= 4 is 16.7 Å². The number of nitrogens with one attached hydrogen (secondary N) is 1. The number of hydrogen-bond acceptors (Lipinski definition) is 5. The van der Waals surface area contributed by atoms with E-state index >= 15 is 0 Å². The molecule has 1 aliphatic heterocycles. The molecule has 4 aromatic rings. The average molecular weight is 399 g/mol. The summed E-state index contributed by atoms with van der Waals surface area (Å²) >= 11 is 0. The van der Waals surface area contributed by atoms with Crippen molar-refractivity contribution in [1.82, 2.24) is 5.32 Å². The van der Waals surface area contributed by atoms with Gasteiger partial charge in [-0.1, -0.05) is 54.6 Å². The van der Waals surface area contributed by atoms with Gasteiger partial charge in [0, 0.05) is 17.5 Å². The van der Waals surface area contributed by atoms with E-state index < -0.39 is 11.5 Å². The molecule has 3 aromatic carbocycles. The number of ether oxygens (including phenoxy) is 2. The molecule has 0 atom stereocenters. The maximum absolute atomic E-state index is 13.0. The summed E-state index contributed by atoms with van der Waals surface area (Å²) in [6.07, 6.45) is 0. The van der Waals surface area contributed by atoms with Crippen molar-refractivity contribution in [2.45, 2.75) is 6.54 Å². The first-order valence-corrected chi connectivity index (χ1v) is 9.49. The zero-order valence-corrected chi connectivity index (χ0v) is 15.9. The molecule has 0 radical (unpaired) electrons. The Bertz CT molecular complexity index is 1310. The van der Waals surface area contributed by atoms with Crippen LogP contribution in [0.3, 0.4) is 0 Å². The molecule has 2 heterocycles. The minimum atomic E-state index is -0.543. The van der Waals surface area contributed by atoms with Gasteiger partial charge in [-0.15, -0.1) is 0 Å². The molecular weight excluding hydrogens is 382 g/mol. The highest BCUT2D eigenvalue weighted by atomic mass is 16.7. The van der Waals surface area contributed by atoms with Gasteiger partial charge in [-0.3, -0.25) is 4.79 Å². The van der Waals surface area contributed by atoms with Crippen LogP contribution in [0.5, 0.6) is 11.5 Å². The third-order valence-electron chi connectivity index (χ3n) is 5.00. The van der Waals surface area contributed by atoms with Crippen molar-refractivity contribution in [2.75, 3.05) is 6.79 Å². The van der Waals surface area contributed by atoms with Crippen LogP contribution in [-0.2, 0) is 6.54 Å². The molecule has 6 heteroatoms. The Labute approximate surface area is 171 Å². The van der Waals surface area contributed by atoms with Gasteiger partial charge in [-0.2, -0.15) is 0 Å². The summed E-state index contributed by atoms with van der Waals surface area (Å²) in [5.74, 6) is 0.848. The van der Waals surface area contributed by atoms with Gasteiger partial charge in [0.15, 0.2) is 11.5 Å². The Morgan fingerprint density at radius 1 is 0.867 bits per heavy atom. The lowest BCUT2D eigenvalue weighted by atomic mass is 9.98. The first-order valence-electron chi connectivity index (χ1n) is 9.49. The summed E-state index contributed by atoms with van der Waals surface area (Å²) in [6, 6.07) is 22.0. The lowest BCUT2D eigenvalue weighted by Crippen LogP contribution is -2.25. The summed E-state index contributed by atoms with van der Waals surface area (Å²) in [7, 11) is 0. The van der Waals surface area contributed by atoms with Gasteiger partial charge in [0.05, 0.1) is 5.39 Å². The van der Waals surface area contributed by atoms with Gasteiger partial charge in [-0.25, -0.2) is 4.79 Å². The van der Waals surface area contributed by atoms with Crippen LogP contribution in [-0.4, -0.2) is 12.7 Å². The number of rotatable bonds is 4. The third-order valence-corrected chi connectivity index (χ3v) is 5.00. The van der Waals surface area contributed by atoms with Crippen LogP contribution >= 0.6 is 0 Å². The largest absolute Gasteiger partial charge is 0.454 e. The molecule has 0 fully saturated rings. The quantitative estimate of drug-likeness (QED) is 0.559. The van der Waals surface area contributed by atoms with Crippen molar-refractivity contribution in [3.05, 3.63) is 94.5 Å². The van der Waals surface area contributed by atoms with E-state index in [0.717, 1.165) is 11.1 Å². The SMILES string of the molecule is O=C(NCc1ccc2c(c1)OCO2)c1oc(=O)c2ccccc2c1-c1ccccc1. The van der Waals surface area contributed by atoms with E-state index in [9.17, 15) is 9.59 Å². The molecule has 1 N–H and O–H groups in total. The summed E-state index contributed by atoms with van der Waals surface area (Å²) < 4.78 is 16.2. The molecule has 0 aliphatic carbocycles. The van der Waals surface area contributed by atoms with Crippen molar-refractivity contribution in [3.63, 3.8) is 0 Å². The van der Waals surface area contributed by atoms with Crippen LogP contribution in [0.15, 0.2) is 82.0 Å². The predicted molar refractivity (Wildman–Crippen MR) is 112 cm³/mol. The van der Waals surface area contributed by atoms with E-state index in [1.54, 1.807) is 18.2 Å². The van der Waals surface area contributed by atoms with E-state index in [1.165, 1.54) is 0 Å². The highest BCUT2D eigenvalue weighted by Crippen LogP contribution is 2.33. The highest BCUT2D eigenvalue weighted by molar-refractivity contribution is 6.07. The molecule has 0 saturated heterocycles. The highest BCUT2D eigenvalue weighted by Gasteiger charge is 2.21. The fourth-order valence-corrected chi connectivity index (χ4v) is 3.56. The van der Waals surface area contributed by atoms with Crippen LogP contribution in [0.4, 0.5) is 0 Å². The molecule has 0 bridgehead atoms. The topological polar surface area (TPSA) is 77.8 Å². The molecule has 30 heavy (non-hydrogen) atoms. The van der Waals surface area contributed by atoms with Crippen molar-refractivity contribution < 1.29 is 18.7 Å². The predicted octanol–water partition coefficient (Wildman–Crippen LogP) is 4.12. The van der Waals surface area contributed by atoms with E-state index in [1.807, 2.05) is 54.6 Å². The van der Waals surface area contributed by atoms with E-state index in [-0.39, 0.29) is 19.1 Å². The molecule has 1 aromatic heterocycles. The molecule has 0 spiro atoms. The Kier molecular flexibility index (Phi) is 4.44.